The summed E-state index contributed by atoms with van der Waals surface area (Å²) in [7, 11) is 1.54. The van der Waals surface area contributed by atoms with E-state index >= 15 is 0 Å². The Kier molecular flexibility index (Phi) is 7.97. The quantitative estimate of drug-likeness (QED) is 0.507. The molecule has 1 amide bonds. The van der Waals surface area contributed by atoms with E-state index in [1.54, 1.807) is 50.2 Å². The van der Waals surface area contributed by atoms with Gasteiger partial charge in [-0.3, -0.25) is 9.59 Å². The van der Waals surface area contributed by atoms with Crippen molar-refractivity contribution in [2.75, 3.05) is 13.7 Å². The number of carbonyl (C=O) groups is 3. The van der Waals surface area contributed by atoms with Crippen molar-refractivity contribution in [1.82, 2.24) is 5.32 Å². The second-order valence-electron chi connectivity index (χ2n) is 8.78. The molecule has 0 saturated heterocycles. The first-order valence-electron chi connectivity index (χ1n) is 10.3. The van der Waals surface area contributed by atoms with E-state index < -0.39 is 18.6 Å². The van der Waals surface area contributed by atoms with Crippen LogP contribution in [0.15, 0.2) is 48.5 Å². The molecule has 0 spiro atoms. The molecule has 2 rings (SSSR count). The number of amides is 1. The van der Waals surface area contributed by atoms with Gasteiger partial charge in [0.1, 0.15) is 11.8 Å². The van der Waals surface area contributed by atoms with Crippen LogP contribution in [0.25, 0.3) is 0 Å². The molecule has 0 saturated carbocycles. The summed E-state index contributed by atoms with van der Waals surface area (Å²) >= 11 is 0. The Morgan fingerprint density at radius 3 is 1.94 bits per heavy atom. The average molecular weight is 426 g/mol. The molecule has 2 aromatic rings. The average Bonchev–Trinajstić information content (AvgIpc) is 2.74. The van der Waals surface area contributed by atoms with Gasteiger partial charge in [0.05, 0.1) is 7.11 Å². The Balaban J connectivity index is 1.99. The SMILES string of the molecule is COc1ccc(C(=O)COC(=O)C(NC(=O)c2ccc(C(C)(C)C)cc2)C(C)C)cc1. The fourth-order valence-corrected chi connectivity index (χ4v) is 2.93. The smallest absolute Gasteiger partial charge is 0.329 e. The summed E-state index contributed by atoms with van der Waals surface area (Å²) in [4.78, 5) is 37.5. The Labute approximate surface area is 183 Å². The lowest BCUT2D eigenvalue weighted by atomic mass is 9.86. The molecule has 0 aliphatic heterocycles. The van der Waals surface area contributed by atoms with E-state index in [1.807, 2.05) is 12.1 Å². The normalized spacial score (nSPS) is 12.2. The van der Waals surface area contributed by atoms with Crippen LogP contribution in [-0.2, 0) is 14.9 Å². The molecule has 6 nitrogen and oxygen atoms in total. The summed E-state index contributed by atoms with van der Waals surface area (Å²) < 4.78 is 10.3. The van der Waals surface area contributed by atoms with Crippen molar-refractivity contribution in [2.45, 2.75) is 46.1 Å². The zero-order chi connectivity index (χ0) is 23.2. The molecule has 0 fully saturated rings. The van der Waals surface area contributed by atoms with Crippen LogP contribution in [0.2, 0.25) is 0 Å². The topological polar surface area (TPSA) is 81.7 Å². The Bertz CT molecular complexity index is 908. The van der Waals surface area contributed by atoms with Crippen molar-refractivity contribution in [3.05, 3.63) is 65.2 Å². The van der Waals surface area contributed by atoms with Crippen LogP contribution in [0.5, 0.6) is 5.75 Å². The highest BCUT2D eigenvalue weighted by Gasteiger charge is 2.27. The number of rotatable bonds is 8. The first kappa shape index (κ1) is 24.1. The van der Waals surface area contributed by atoms with Crippen LogP contribution in [0.4, 0.5) is 0 Å². The minimum atomic E-state index is -0.863. The Morgan fingerprint density at radius 1 is 0.903 bits per heavy atom. The number of methoxy groups -OCH3 is 1. The Morgan fingerprint density at radius 2 is 1.45 bits per heavy atom. The van der Waals surface area contributed by atoms with Gasteiger partial charge in [-0.15, -0.1) is 0 Å². The van der Waals surface area contributed by atoms with Gasteiger partial charge in [0.25, 0.3) is 5.91 Å². The van der Waals surface area contributed by atoms with Crippen LogP contribution in [0.1, 0.15) is 60.9 Å². The maximum Gasteiger partial charge on any atom is 0.329 e. The summed E-state index contributed by atoms with van der Waals surface area (Å²) in [6.07, 6.45) is 0. The predicted molar refractivity (Wildman–Crippen MR) is 120 cm³/mol. The molecular formula is C25H31NO5. The number of hydrogen-bond acceptors (Lipinski definition) is 5. The molecule has 0 radical (unpaired) electrons. The van der Waals surface area contributed by atoms with Crippen LogP contribution in [0.3, 0.4) is 0 Å². The van der Waals surface area contributed by atoms with Gasteiger partial charge < -0.3 is 14.8 Å². The molecule has 0 aliphatic rings. The zero-order valence-corrected chi connectivity index (χ0v) is 19.0. The number of ketones is 1. The third-order valence-corrected chi connectivity index (χ3v) is 4.98. The Hall–Kier alpha value is -3.15. The number of benzene rings is 2. The lowest BCUT2D eigenvalue weighted by Crippen LogP contribution is -2.45. The van der Waals surface area contributed by atoms with Gasteiger partial charge in [-0.05, 0) is 53.3 Å². The molecule has 2 aromatic carbocycles. The molecule has 0 aliphatic carbocycles. The van der Waals surface area contributed by atoms with E-state index in [4.69, 9.17) is 9.47 Å². The number of nitrogens with one attached hydrogen (secondary N) is 1. The maximum atomic E-state index is 12.6. The molecule has 31 heavy (non-hydrogen) atoms. The molecule has 0 bridgehead atoms. The zero-order valence-electron chi connectivity index (χ0n) is 19.0. The van der Waals surface area contributed by atoms with Gasteiger partial charge in [-0.1, -0.05) is 46.8 Å². The molecule has 166 valence electrons. The molecule has 0 heterocycles. The van der Waals surface area contributed by atoms with E-state index in [-0.39, 0.29) is 23.0 Å². The fourth-order valence-electron chi connectivity index (χ4n) is 2.93. The first-order valence-corrected chi connectivity index (χ1v) is 10.3. The minimum Gasteiger partial charge on any atom is -0.497 e. The van der Waals surface area contributed by atoms with Gasteiger partial charge in [0.2, 0.25) is 0 Å². The van der Waals surface area contributed by atoms with E-state index in [2.05, 4.69) is 26.1 Å². The van der Waals surface area contributed by atoms with Crippen molar-refractivity contribution >= 4 is 17.7 Å². The van der Waals surface area contributed by atoms with Crippen molar-refractivity contribution in [1.29, 1.82) is 0 Å². The van der Waals surface area contributed by atoms with Crippen molar-refractivity contribution in [3.8, 4) is 5.75 Å². The molecule has 1 unspecified atom stereocenters. The number of ether oxygens (including phenoxy) is 2. The van der Waals surface area contributed by atoms with Crippen LogP contribution < -0.4 is 10.1 Å². The van der Waals surface area contributed by atoms with Crippen molar-refractivity contribution in [3.63, 3.8) is 0 Å². The summed E-state index contributed by atoms with van der Waals surface area (Å²) in [5, 5.41) is 2.73. The van der Waals surface area contributed by atoms with Gasteiger partial charge in [-0.2, -0.15) is 0 Å². The predicted octanol–water partition coefficient (Wildman–Crippen LogP) is 4.17. The monoisotopic (exact) mass is 425 g/mol. The van der Waals surface area contributed by atoms with Crippen molar-refractivity contribution < 1.29 is 23.9 Å². The second kappa shape index (κ2) is 10.2. The van der Waals surface area contributed by atoms with E-state index in [9.17, 15) is 14.4 Å². The fraction of sp³-hybridized carbons (Fsp3) is 0.400. The summed E-state index contributed by atoms with van der Waals surface area (Å²) in [6, 6.07) is 13.0. The number of Topliss-reactive ketones (excluding diaryl/α,β-unsaturated/α-hetero) is 1. The van der Waals surface area contributed by atoms with Crippen LogP contribution in [0, 0.1) is 5.92 Å². The second-order valence-corrected chi connectivity index (χ2v) is 8.78. The lowest BCUT2D eigenvalue weighted by molar-refractivity contribution is -0.145. The largest absolute Gasteiger partial charge is 0.497 e. The number of carbonyl (C=O) groups excluding carboxylic acids is 3. The third-order valence-electron chi connectivity index (χ3n) is 4.98. The van der Waals surface area contributed by atoms with E-state index in [0.29, 0.717) is 16.9 Å². The molecular weight excluding hydrogens is 394 g/mol. The van der Waals surface area contributed by atoms with Gasteiger partial charge >= 0.3 is 5.97 Å². The standard InChI is InChI=1S/C25H31NO5/c1-16(2)22(26-23(28)18-7-11-19(12-8-18)25(3,4)5)24(29)31-15-21(27)17-9-13-20(30-6)14-10-17/h7-14,16,22H,15H2,1-6H3,(H,26,28). The molecule has 0 aromatic heterocycles. The highest BCUT2D eigenvalue weighted by atomic mass is 16.5. The number of esters is 1. The van der Waals surface area contributed by atoms with Crippen LogP contribution >= 0.6 is 0 Å². The van der Waals surface area contributed by atoms with Gasteiger partial charge in [0.15, 0.2) is 12.4 Å². The van der Waals surface area contributed by atoms with E-state index in [1.165, 1.54) is 7.11 Å². The van der Waals surface area contributed by atoms with Gasteiger partial charge in [0, 0.05) is 11.1 Å². The van der Waals surface area contributed by atoms with E-state index in [0.717, 1.165) is 5.56 Å². The maximum absolute atomic E-state index is 12.6. The highest BCUT2D eigenvalue weighted by molar-refractivity contribution is 5.99. The summed E-state index contributed by atoms with van der Waals surface area (Å²) in [5.74, 6) is -0.912. The number of hydrogen-bond donors (Lipinski definition) is 1. The summed E-state index contributed by atoms with van der Waals surface area (Å²) in [5.41, 5.74) is 1.97. The third kappa shape index (κ3) is 6.67. The molecule has 6 heteroatoms. The summed E-state index contributed by atoms with van der Waals surface area (Å²) in [6.45, 7) is 9.51. The lowest BCUT2D eigenvalue weighted by Gasteiger charge is -2.22. The molecule has 1 atom stereocenters. The van der Waals surface area contributed by atoms with Gasteiger partial charge in [-0.25, -0.2) is 4.79 Å². The van der Waals surface area contributed by atoms with Crippen molar-refractivity contribution in [2.24, 2.45) is 5.92 Å². The molecule has 1 N–H and O–H groups in total. The van der Waals surface area contributed by atoms with Crippen LogP contribution in [-0.4, -0.2) is 37.4 Å². The highest BCUT2D eigenvalue weighted by Crippen LogP contribution is 2.22. The first-order chi connectivity index (χ1) is 14.5. The minimum absolute atomic E-state index is 0.0182.